The van der Waals surface area contributed by atoms with Crippen molar-refractivity contribution in [3.05, 3.63) is 47.2 Å². The number of nitrogens with zero attached hydrogens (tertiary/aromatic N) is 1. The molecule has 3 N–H and O–H groups in total. The van der Waals surface area contributed by atoms with E-state index in [0.29, 0.717) is 5.56 Å². The number of carboxylic acids is 1. The maximum Gasteiger partial charge on any atom is 1.00 e. The van der Waals surface area contributed by atoms with Crippen LogP contribution < -0.4 is 40.0 Å². The van der Waals surface area contributed by atoms with Gasteiger partial charge in [0.05, 0.1) is 18.3 Å². The zero-order valence-corrected chi connectivity index (χ0v) is 16.7. The number of nitrogens with one attached hydrogen (secondary N) is 1. The number of carbonyl (C=O) groups excluding carboxylic acids is 3. The Morgan fingerprint density at radius 2 is 2.00 bits per heavy atom. The van der Waals surface area contributed by atoms with Crippen molar-refractivity contribution in [2.24, 2.45) is 0 Å². The predicted octanol–water partition coefficient (Wildman–Crippen LogP) is -4.88. The maximum atomic E-state index is 12.3. The van der Waals surface area contributed by atoms with Crippen LogP contribution in [0.25, 0.3) is 0 Å². The first kappa shape index (κ1) is 20.9. The van der Waals surface area contributed by atoms with Gasteiger partial charge in [0.1, 0.15) is 11.4 Å². The number of hydrogen-bond donors (Lipinski definition) is 3. The van der Waals surface area contributed by atoms with Crippen molar-refractivity contribution in [2.45, 2.75) is 17.5 Å². The Bertz CT molecular complexity index is 756. The molecule has 3 rings (SSSR count). The summed E-state index contributed by atoms with van der Waals surface area (Å²) in [5.74, 6) is -2.69. The largest absolute Gasteiger partial charge is 1.00 e. The molecule has 1 aromatic carbocycles. The zero-order chi connectivity index (χ0) is 18.1. The molecule has 0 saturated carbocycles. The average molecular weight is 386 g/mol. The van der Waals surface area contributed by atoms with E-state index in [1.807, 2.05) is 0 Å². The first-order valence-electron chi connectivity index (χ1n) is 7.48. The van der Waals surface area contributed by atoms with Crippen LogP contribution >= 0.6 is 11.8 Å². The SMILES string of the molecule is O=C([O-])C1=C(CO)CS[C@@H]2[C@H](NC(=O)C(O)c3ccccc3)C(=O)N12.[Na+]. The van der Waals surface area contributed by atoms with Gasteiger partial charge in [0, 0.05) is 5.75 Å². The van der Waals surface area contributed by atoms with E-state index < -0.39 is 41.9 Å². The number of aliphatic carboxylic acids is 1. The molecule has 132 valence electrons. The van der Waals surface area contributed by atoms with Gasteiger partial charge in [-0.2, -0.15) is 0 Å². The third kappa shape index (κ3) is 3.68. The molecular formula is C16H15N2NaO6S. The van der Waals surface area contributed by atoms with Gasteiger partial charge in [0.2, 0.25) is 0 Å². The molecular weight excluding hydrogens is 371 g/mol. The minimum Gasteiger partial charge on any atom is -0.543 e. The summed E-state index contributed by atoms with van der Waals surface area (Å²) in [4.78, 5) is 36.7. The summed E-state index contributed by atoms with van der Waals surface area (Å²) in [5.41, 5.74) is 0.242. The van der Waals surface area contributed by atoms with Crippen molar-refractivity contribution in [1.82, 2.24) is 10.2 Å². The number of aliphatic hydroxyl groups excluding tert-OH is 2. The van der Waals surface area contributed by atoms with E-state index >= 15 is 0 Å². The Morgan fingerprint density at radius 1 is 1.35 bits per heavy atom. The molecule has 3 atom stereocenters. The number of hydrogen-bond acceptors (Lipinski definition) is 7. The third-order valence-electron chi connectivity index (χ3n) is 4.09. The second kappa shape index (κ2) is 8.55. The van der Waals surface area contributed by atoms with Crippen molar-refractivity contribution in [3.8, 4) is 0 Å². The van der Waals surface area contributed by atoms with E-state index in [4.69, 9.17) is 0 Å². The van der Waals surface area contributed by atoms with Crippen LogP contribution in [0.2, 0.25) is 0 Å². The van der Waals surface area contributed by atoms with Gasteiger partial charge < -0.3 is 25.4 Å². The molecule has 0 aliphatic carbocycles. The Balaban J connectivity index is 0.00000243. The molecule has 1 saturated heterocycles. The van der Waals surface area contributed by atoms with Gasteiger partial charge in [0.15, 0.2) is 6.10 Å². The molecule has 1 fully saturated rings. The smallest absolute Gasteiger partial charge is 0.543 e. The Morgan fingerprint density at radius 3 is 2.58 bits per heavy atom. The van der Waals surface area contributed by atoms with Crippen molar-refractivity contribution < 1.29 is 59.3 Å². The fourth-order valence-electron chi connectivity index (χ4n) is 2.81. The fourth-order valence-corrected chi connectivity index (χ4v) is 4.15. The molecule has 2 aliphatic rings. The summed E-state index contributed by atoms with van der Waals surface area (Å²) in [6, 6.07) is 7.31. The van der Waals surface area contributed by atoms with Crippen LogP contribution in [0.4, 0.5) is 0 Å². The van der Waals surface area contributed by atoms with Gasteiger partial charge in [-0.1, -0.05) is 30.3 Å². The molecule has 1 unspecified atom stereocenters. The van der Waals surface area contributed by atoms with E-state index in [1.54, 1.807) is 30.3 Å². The van der Waals surface area contributed by atoms with E-state index in [-0.39, 0.29) is 46.6 Å². The predicted molar refractivity (Wildman–Crippen MR) is 85.5 cm³/mol. The standard InChI is InChI=1S/C16H16N2O6S.Na/c19-6-9-7-25-15-10(14(22)18(15)11(9)16(23)24)17-13(21)12(20)8-4-2-1-3-5-8;/h1-5,10,12,15,19-20H,6-7H2,(H,17,21)(H,23,24);/q;+1/p-1/t10-,12?,15-;/m1./s1. The van der Waals surface area contributed by atoms with Crippen molar-refractivity contribution >= 4 is 29.5 Å². The van der Waals surface area contributed by atoms with Gasteiger partial charge in [-0.3, -0.25) is 14.5 Å². The van der Waals surface area contributed by atoms with Crippen molar-refractivity contribution in [2.75, 3.05) is 12.4 Å². The van der Waals surface area contributed by atoms with Crippen molar-refractivity contribution in [3.63, 3.8) is 0 Å². The van der Waals surface area contributed by atoms with Crippen LogP contribution in [-0.4, -0.2) is 56.7 Å². The van der Waals surface area contributed by atoms with E-state index in [9.17, 15) is 29.7 Å². The van der Waals surface area contributed by atoms with Gasteiger partial charge in [0.25, 0.3) is 11.8 Å². The Labute approximate surface area is 175 Å². The third-order valence-corrected chi connectivity index (χ3v) is 5.43. The molecule has 10 heteroatoms. The quantitative estimate of drug-likeness (QED) is 0.342. The van der Waals surface area contributed by atoms with E-state index in [0.717, 1.165) is 4.90 Å². The summed E-state index contributed by atoms with van der Waals surface area (Å²) in [5, 5.41) is 32.4. The van der Waals surface area contributed by atoms with Crippen LogP contribution in [0.3, 0.4) is 0 Å². The number of benzene rings is 1. The number of rotatable bonds is 5. The molecule has 0 bridgehead atoms. The van der Waals surface area contributed by atoms with Crippen LogP contribution in [-0.2, 0) is 14.4 Å². The second-order valence-electron chi connectivity index (χ2n) is 5.61. The van der Waals surface area contributed by atoms with E-state index in [2.05, 4.69) is 5.32 Å². The van der Waals surface area contributed by atoms with E-state index in [1.165, 1.54) is 11.8 Å². The summed E-state index contributed by atoms with van der Waals surface area (Å²) < 4.78 is 0. The molecule has 2 amide bonds. The van der Waals surface area contributed by atoms with Crippen LogP contribution in [0.1, 0.15) is 11.7 Å². The molecule has 0 radical (unpaired) electrons. The molecule has 8 nitrogen and oxygen atoms in total. The normalized spacial score (nSPS) is 22.7. The molecule has 2 aliphatic heterocycles. The zero-order valence-electron chi connectivity index (χ0n) is 13.9. The first-order valence-corrected chi connectivity index (χ1v) is 8.53. The molecule has 26 heavy (non-hydrogen) atoms. The van der Waals surface area contributed by atoms with Gasteiger partial charge in [-0.05, 0) is 11.1 Å². The number of carboxylic acid groups (broad SMARTS) is 1. The van der Waals surface area contributed by atoms with Gasteiger partial charge in [-0.25, -0.2) is 0 Å². The minimum absolute atomic E-state index is 0. The number of carbonyl (C=O) groups is 3. The second-order valence-corrected chi connectivity index (χ2v) is 6.71. The van der Waals surface area contributed by atoms with Crippen LogP contribution in [0.15, 0.2) is 41.6 Å². The number of thioether (sulfide) groups is 1. The number of aliphatic hydroxyl groups is 2. The number of fused-ring (bicyclic) bond motifs is 1. The van der Waals surface area contributed by atoms with Crippen LogP contribution in [0.5, 0.6) is 0 Å². The molecule has 0 aromatic heterocycles. The monoisotopic (exact) mass is 386 g/mol. The number of β-lactam (4-membered cyclic amide) rings is 1. The minimum atomic E-state index is -1.54. The molecule has 1 aromatic rings. The Hall–Kier alpha value is -1.36. The van der Waals surface area contributed by atoms with Crippen LogP contribution in [0, 0.1) is 0 Å². The number of amides is 2. The van der Waals surface area contributed by atoms with Gasteiger partial charge >= 0.3 is 29.6 Å². The summed E-state index contributed by atoms with van der Waals surface area (Å²) in [7, 11) is 0. The summed E-state index contributed by atoms with van der Waals surface area (Å²) >= 11 is 1.23. The van der Waals surface area contributed by atoms with Gasteiger partial charge in [-0.15, -0.1) is 11.8 Å². The van der Waals surface area contributed by atoms with Crippen molar-refractivity contribution in [1.29, 1.82) is 0 Å². The summed E-state index contributed by atoms with van der Waals surface area (Å²) in [6.07, 6.45) is -1.43. The maximum absolute atomic E-state index is 12.3. The summed E-state index contributed by atoms with van der Waals surface area (Å²) in [6.45, 7) is -0.490. The first-order chi connectivity index (χ1) is 12.0. The average Bonchev–Trinajstić information content (AvgIpc) is 2.64. The molecule has 0 spiro atoms. The Kier molecular flexibility index (Phi) is 6.89. The topological polar surface area (TPSA) is 130 Å². The fraction of sp³-hybridized carbons (Fsp3) is 0.312. The molecule has 2 heterocycles.